The SMILES string of the molecule is CCC(C(=O)Nc1ccc(OC)cc1OC)N(Cc1ccccc1C)C(=O)CN1C(=O)C(=O)c2ccccc21. The highest BCUT2D eigenvalue weighted by Gasteiger charge is 2.38. The Bertz CT molecular complexity index is 1420. The zero-order valence-corrected chi connectivity index (χ0v) is 22.4. The molecule has 3 amide bonds. The van der Waals surface area contributed by atoms with Crippen LogP contribution in [0.4, 0.5) is 11.4 Å². The molecule has 1 heterocycles. The van der Waals surface area contributed by atoms with Crippen LogP contribution < -0.4 is 19.7 Å². The number of benzene rings is 3. The Balaban J connectivity index is 1.65. The van der Waals surface area contributed by atoms with Crippen molar-refractivity contribution in [2.45, 2.75) is 32.9 Å². The predicted octanol–water partition coefficient (Wildman–Crippen LogP) is 3.99. The van der Waals surface area contributed by atoms with E-state index in [1.54, 1.807) is 42.5 Å². The normalized spacial score (nSPS) is 13.1. The fraction of sp³-hybridized carbons (Fsp3) is 0.267. The van der Waals surface area contributed by atoms with Crippen LogP contribution in [0, 0.1) is 6.92 Å². The Kier molecular flexibility index (Phi) is 8.29. The van der Waals surface area contributed by atoms with Crippen LogP contribution in [0.1, 0.15) is 34.8 Å². The summed E-state index contributed by atoms with van der Waals surface area (Å²) in [7, 11) is 3.02. The standard InChI is InChI=1S/C30H31N3O6/c1-5-24(29(36)31-23-15-14-21(38-3)16-26(23)39-4)32(17-20-11-7-6-10-19(20)2)27(34)18-33-25-13-9-8-12-22(25)28(35)30(33)37/h6-16,24H,5,17-18H2,1-4H3,(H,31,36). The molecule has 9 nitrogen and oxygen atoms in total. The third-order valence-electron chi connectivity index (χ3n) is 6.83. The Morgan fingerprint density at radius 3 is 2.38 bits per heavy atom. The molecule has 9 heteroatoms. The van der Waals surface area contributed by atoms with E-state index in [4.69, 9.17) is 9.47 Å². The first-order chi connectivity index (χ1) is 18.8. The van der Waals surface area contributed by atoms with E-state index in [2.05, 4.69) is 5.32 Å². The number of anilines is 2. The lowest BCUT2D eigenvalue weighted by Crippen LogP contribution is -2.50. The summed E-state index contributed by atoms with van der Waals surface area (Å²) in [6.07, 6.45) is 0.311. The highest BCUT2D eigenvalue weighted by Crippen LogP contribution is 2.31. The van der Waals surface area contributed by atoms with Crippen molar-refractivity contribution in [1.29, 1.82) is 0 Å². The number of carbonyl (C=O) groups is 4. The number of methoxy groups -OCH3 is 2. The van der Waals surface area contributed by atoms with E-state index < -0.39 is 29.5 Å². The summed E-state index contributed by atoms with van der Waals surface area (Å²) in [5.41, 5.74) is 2.90. The summed E-state index contributed by atoms with van der Waals surface area (Å²) in [6, 6.07) is 18.3. The van der Waals surface area contributed by atoms with Crippen molar-refractivity contribution in [3.63, 3.8) is 0 Å². The number of fused-ring (bicyclic) bond motifs is 1. The molecule has 0 saturated heterocycles. The number of nitrogens with one attached hydrogen (secondary N) is 1. The maximum absolute atomic E-state index is 13.8. The molecular weight excluding hydrogens is 498 g/mol. The molecule has 1 atom stereocenters. The molecule has 0 radical (unpaired) electrons. The Labute approximate surface area is 227 Å². The smallest absolute Gasteiger partial charge is 0.299 e. The lowest BCUT2D eigenvalue weighted by Gasteiger charge is -2.32. The first-order valence-corrected chi connectivity index (χ1v) is 12.6. The monoisotopic (exact) mass is 529 g/mol. The number of aryl methyl sites for hydroxylation is 1. The molecule has 39 heavy (non-hydrogen) atoms. The van der Waals surface area contributed by atoms with Crippen molar-refractivity contribution >= 4 is 34.9 Å². The summed E-state index contributed by atoms with van der Waals surface area (Å²) in [6.45, 7) is 3.52. The van der Waals surface area contributed by atoms with Crippen LogP contribution in [-0.4, -0.2) is 55.2 Å². The summed E-state index contributed by atoms with van der Waals surface area (Å²) >= 11 is 0. The Hall–Kier alpha value is -4.66. The van der Waals surface area contributed by atoms with E-state index in [9.17, 15) is 19.2 Å². The molecular formula is C30H31N3O6. The van der Waals surface area contributed by atoms with Crippen molar-refractivity contribution in [3.8, 4) is 11.5 Å². The zero-order chi connectivity index (χ0) is 28.1. The van der Waals surface area contributed by atoms with Gasteiger partial charge in [0, 0.05) is 12.6 Å². The summed E-state index contributed by atoms with van der Waals surface area (Å²) in [5, 5.41) is 2.88. The minimum atomic E-state index is -0.868. The third kappa shape index (κ3) is 5.62. The molecule has 1 unspecified atom stereocenters. The van der Waals surface area contributed by atoms with Crippen LogP contribution in [0.25, 0.3) is 0 Å². The van der Waals surface area contributed by atoms with Crippen LogP contribution in [0.3, 0.4) is 0 Å². The number of hydrogen-bond acceptors (Lipinski definition) is 6. The van der Waals surface area contributed by atoms with Crippen molar-refractivity contribution in [2.75, 3.05) is 31.0 Å². The van der Waals surface area contributed by atoms with Crippen LogP contribution >= 0.6 is 0 Å². The quantitative estimate of drug-likeness (QED) is 0.398. The molecule has 1 aliphatic rings. The van der Waals surface area contributed by atoms with Gasteiger partial charge in [0.15, 0.2) is 0 Å². The first-order valence-electron chi connectivity index (χ1n) is 12.6. The number of rotatable bonds is 10. The molecule has 0 bridgehead atoms. The van der Waals surface area contributed by atoms with E-state index in [1.165, 1.54) is 24.0 Å². The van der Waals surface area contributed by atoms with E-state index in [1.807, 2.05) is 38.1 Å². The predicted molar refractivity (Wildman–Crippen MR) is 147 cm³/mol. The van der Waals surface area contributed by atoms with E-state index in [0.29, 0.717) is 29.3 Å². The van der Waals surface area contributed by atoms with Gasteiger partial charge >= 0.3 is 0 Å². The number of ketones is 1. The molecule has 0 aromatic heterocycles. The number of nitrogens with zero attached hydrogens (tertiary/aromatic N) is 2. The molecule has 3 aromatic rings. The second-order valence-electron chi connectivity index (χ2n) is 9.17. The second kappa shape index (κ2) is 11.8. The molecule has 4 rings (SSSR count). The number of ether oxygens (including phenoxy) is 2. The maximum atomic E-state index is 13.8. The second-order valence-corrected chi connectivity index (χ2v) is 9.17. The van der Waals surface area contributed by atoms with Crippen LogP contribution in [0.5, 0.6) is 11.5 Å². The van der Waals surface area contributed by atoms with E-state index >= 15 is 0 Å². The zero-order valence-electron chi connectivity index (χ0n) is 22.4. The van der Waals surface area contributed by atoms with Crippen LogP contribution in [-0.2, 0) is 20.9 Å². The fourth-order valence-corrected chi connectivity index (χ4v) is 4.64. The molecule has 0 fully saturated rings. The van der Waals surface area contributed by atoms with Crippen LogP contribution in [0.15, 0.2) is 66.7 Å². The van der Waals surface area contributed by atoms with Gasteiger partial charge in [0.05, 0.1) is 31.2 Å². The molecule has 1 N–H and O–H groups in total. The molecule has 0 aliphatic carbocycles. The number of para-hydroxylation sites is 1. The summed E-state index contributed by atoms with van der Waals surface area (Å²) in [5.74, 6) is -1.31. The fourth-order valence-electron chi connectivity index (χ4n) is 4.64. The van der Waals surface area contributed by atoms with Gasteiger partial charge in [0.1, 0.15) is 24.1 Å². The van der Waals surface area contributed by atoms with Crippen molar-refractivity contribution in [3.05, 3.63) is 83.4 Å². The maximum Gasteiger partial charge on any atom is 0.299 e. The highest BCUT2D eigenvalue weighted by atomic mass is 16.5. The van der Waals surface area contributed by atoms with Crippen molar-refractivity contribution < 1.29 is 28.7 Å². The van der Waals surface area contributed by atoms with Gasteiger partial charge in [0.2, 0.25) is 11.8 Å². The van der Waals surface area contributed by atoms with E-state index in [0.717, 1.165) is 11.1 Å². The average Bonchev–Trinajstić information content (AvgIpc) is 3.18. The van der Waals surface area contributed by atoms with Crippen molar-refractivity contribution in [2.24, 2.45) is 0 Å². The summed E-state index contributed by atoms with van der Waals surface area (Å²) < 4.78 is 10.6. The largest absolute Gasteiger partial charge is 0.497 e. The van der Waals surface area contributed by atoms with Gasteiger partial charge in [0.25, 0.3) is 11.7 Å². The average molecular weight is 530 g/mol. The minimum absolute atomic E-state index is 0.148. The van der Waals surface area contributed by atoms with Gasteiger partial charge < -0.3 is 19.7 Å². The third-order valence-corrected chi connectivity index (χ3v) is 6.83. The lowest BCUT2D eigenvalue weighted by molar-refractivity contribution is -0.138. The van der Waals surface area contributed by atoms with Gasteiger partial charge in [-0.3, -0.25) is 24.1 Å². The molecule has 3 aromatic carbocycles. The Morgan fingerprint density at radius 1 is 0.974 bits per heavy atom. The lowest BCUT2D eigenvalue weighted by atomic mass is 10.1. The molecule has 1 aliphatic heterocycles. The van der Waals surface area contributed by atoms with Gasteiger partial charge in [-0.25, -0.2) is 0 Å². The van der Waals surface area contributed by atoms with Crippen molar-refractivity contribution in [1.82, 2.24) is 4.90 Å². The van der Waals surface area contributed by atoms with Crippen LogP contribution in [0.2, 0.25) is 0 Å². The number of hydrogen-bond donors (Lipinski definition) is 1. The van der Waals surface area contributed by atoms with Gasteiger partial charge in [-0.15, -0.1) is 0 Å². The topological polar surface area (TPSA) is 105 Å². The Morgan fingerprint density at radius 2 is 1.69 bits per heavy atom. The van der Waals surface area contributed by atoms with E-state index in [-0.39, 0.29) is 18.7 Å². The van der Waals surface area contributed by atoms with Gasteiger partial charge in [-0.05, 0) is 48.7 Å². The van der Waals surface area contributed by atoms with Gasteiger partial charge in [-0.2, -0.15) is 0 Å². The first kappa shape index (κ1) is 27.4. The molecule has 0 spiro atoms. The van der Waals surface area contributed by atoms with Gasteiger partial charge in [-0.1, -0.05) is 43.3 Å². The number of Topliss-reactive ketones (excluding diaryl/α,β-unsaturated/α-hetero) is 1. The molecule has 0 saturated carbocycles. The summed E-state index contributed by atoms with van der Waals surface area (Å²) in [4.78, 5) is 55.4. The highest BCUT2D eigenvalue weighted by molar-refractivity contribution is 6.52. The molecule has 202 valence electrons. The minimum Gasteiger partial charge on any atom is -0.497 e. The number of carbonyl (C=O) groups excluding carboxylic acids is 4. The number of amides is 3.